The van der Waals surface area contributed by atoms with Crippen molar-refractivity contribution < 1.29 is 19.1 Å². The van der Waals surface area contributed by atoms with Gasteiger partial charge in [0.15, 0.2) is 0 Å². The van der Waals surface area contributed by atoms with Gasteiger partial charge < -0.3 is 10.4 Å². The van der Waals surface area contributed by atoms with Crippen molar-refractivity contribution in [3.8, 4) is 0 Å². The molecule has 2 N–H and O–H groups in total. The van der Waals surface area contributed by atoms with Crippen LogP contribution in [0.3, 0.4) is 0 Å². The molecule has 0 aliphatic rings. The van der Waals surface area contributed by atoms with Crippen LogP contribution in [-0.2, 0) is 4.79 Å². The van der Waals surface area contributed by atoms with Crippen LogP contribution >= 0.6 is 11.3 Å². The summed E-state index contributed by atoms with van der Waals surface area (Å²) in [6, 6.07) is 7.37. The molecule has 0 atom stereocenters. The number of carboxylic acid groups (broad SMARTS) is 1. The maximum atomic E-state index is 13.6. The molecule has 0 saturated heterocycles. The number of hydrogen-bond donors (Lipinski definition) is 2. The van der Waals surface area contributed by atoms with Crippen molar-refractivity contribution in [2.45, 2.75) is 6.92 Å². The summed E-state index contributed by atoms with van der Waals surface area (Å²) in [5.74, 6) is -2.68. The Bertz CT molecular complexity index is 721. The zero-order valence-corrected chi connectivity index (χ0v) is 11.9. The van der Waals surface area contributed by atoms with Gasteiger partial charge in [0, 0.05) is 15.8 Å². The molecular weight excluding hydrogens is 293 g/mol. The molecule has 1 amide bonds. The van der Waals surface area contributed by atoms with Crippen molar-refractivity contribution in [2.24, 2.45) is 0 Å². The van der Waals surface area contributed by atoms with E-state index in [0.29, 0.717) is 0 Å². The summed E-state index contributed by atoms with van der Waals surface area (Å²) in [7, 11) is 0. The van der Waals surface area contributed by atoms with Gasteiger partial charge in [-0.2, -0.15) is 0 Å². The highest BCUT2D eigenvalue weighted by molar-refractivity contribution is 7.12. The first-order valence-electron chi connectivity index (χ1n) is 6.04. The smallest absolute Gasteiger partial charge is 0.337 e. The first kappa shape index (κ1) is 14.9. The fourth-order valence-corrected chi connectivity index (χ4v) is 2.48. The summed E-state index contributed by atoms with van der Waals surface area (Å²) < 4.78 is 13.6. The normalized spacial score (nSPS) is 10.8. The van der Waals surface area contributed by atoms with Gasteiger partial charge in [0.1, 0.15) is 5.82 Å². The van der Waals surface area contributed by atoms with Gasteiger partial charge in [0.2, 0.25) is 5.91 Å². The van der Waals surface area contributed by atoms with Gasteiger partial charge in [0.25, 0.3) is 0 Å². The van der Waals surface area contributed by atoms with E-state index < -0.39 is 17.7 Å². The lowest BCUT2D eigenvalue weighted by molar-refractivity contribution is -0.111. The van der Waals surface area contributed by atoms with E-state index in [9.17, 15) is 14.0 Å². The van der Waals surface area contributed by atoms with Crippen LogP contribution in [0, 0.1) is 12.7 Å². The number of halogens is 1. The number of thiophene rings is 1. The Morgan fingerprint density at radius 2 is 2.05 bits per heavy atom. The number of para-hydroxylation sites is 1. The van der Waals surface area contributed by atoms with Crippen molar-refractivity contribution in [2.75, 3.05) is 5.32 Å². The zero-order chi connectivity index (χ0) is 15.4. The fourth-order valence-electron chi connectivity index (χ4n) is 1.70. The second-order valence-corrected chi connectivity index (χ2v) is 5.56. The first-order chi connectivity index (χ1) is 9.97. The molecule has 0 spiro atoms. The molecule has 0 bridgehead atoms. The average molecular weight is 305 g/mol. The van der Waals surface area contributed by atoms with Gasteiger partial charge in [-0.15, -0.1) is 11.3 Å². The molecule has 1 heterocycles. The number of amides is 1. The number of benzene rings is 1. The molecule has 6 heteroatoms. The van der Waals surface area contributed by atoms with Crippen LogP contribution in [0.15, 0.2) is 36.4 Å². The predicted octanol–water partition coefficient (Wildman–Crippen LogP) is 3.55. The van der Waals surface area contributed by atoms with E-state index in [0.717, 1.165) is 15.8 Å². The Morgan fingerprint density at radius 3 is 2.67 bits per heavy atom. The van der Waals surface area contributed by atoms with E-state index in [2.05, 4.69) is 5.32 Å². The van der Waals surface area contributed by atoms with Crippen LogP contribution in [-0.4, -0.2) is 17.0 Å². The molecule has 2 rings (SSSR count). The van der Waals surface area contributed by atoms with Gasteiger partial charge in [-0.05, 0) is 37.3 Å². The van der Waals surface area contributed by atoms with Crippen molar-refractivity contribution in [3.05, 3.63) is 57.5 Å². The molecule has 0 radical (unpaired) electrons. The molecular formula is C15H12FNO3S. The van der Waals surface area contributed by atoms with Gasteiger partial charge in [-0.25, -0.2) is 9.18 Å². The van der Waals surface area contributed by atoms with Crippen LogP contribution in [0.25, 0.3) is 6.08 Å². The highest BCUT2D eigenvalue weighted by Gasteiger charge is 2.15. The lowest BCUT2D eigenvalue weighted by Crippen LogP contribution is -2.13. The minimum absolute atomic E-state index is 0.288. The highest BCUT2D eigenvalue weighted by Crippen LogP contribution is 2.20. The fraction of sp³-hybridized carbons (Fsp3) is 0.0667. The van der Waals surface area contributed by atoms with Gasteiger partial charge >= 0.3 is 5.97 Å². The van der Waals surface area contributed by atoms with E-state index in [4.69, 9.17) is 5.11 Å². The Hall–Kier alpha value is -2.47. The Balaban J connectivity index is 2.16. The molecule has 4 nitrogen and oxygen atoms in total. The number of hydrogen-bond acceptors (Lipinski definition) is 3. The predicted molar refractivity (Wildman–Crippen MR) is 80.1 cm³/mol. The third-order valence-corrected chi connectivity index (χ3v) is 3.62. The lowest BCUT2D eigenvalue weighted by atomic mass is 10.1. The molecule has 0 saturated carbocycles. The van der Waals surface area contributed by atoms with Gasteiger partial charge in [-0.3, -0.25) is 4.79 Å². The van der Waals surface area contributed by atoms with Crippen LogP contribution in [0.5, 0.6) is 0 Å². The molecule has 108 valence electrons. The largest absolute Gasteiger partial charge is 0.478 e. The summed E-state index contributed by atoms with van der Waals surface area (Å²) in [5.41, 5.74) is -0.620. The molecule has 0 unspecified atom stereocenters. The third kappa shape index (κ3) is 3.76. The van der Waals surface area contributed by atoms with Crippen LogP contribution < -0.4 is 5.32 Å². The van der Waals surface area contributed by atoms with Crippen molar-refractivity contribution in [3.63, 3.8) is 0 Å². The second-order valence-electron chi connectivity index (χ2n) is 4.24. The number of aryl methyl sites for hydroxylation is 1. The number of aromatic carboxylic acids is 1. The molecule has 0 aliphatic heterocycles. The Kier molecular flexibility index (Phi) is 4.49. The number of carboxylic acids is 1. The monoisotopic (exact) mass is 305 g/mol. The van der Waals surface area contributed by atoms with Gasteiger partial charge in [-0.1, -0.05) is 6.07 Å². The molecule has 0 aliphatic carbocycles. The summed E-state index contributed by atoms with van der Waals surface area (Å²) in [4.78, 5) is 24.8. The van der Waals surface area contributed by atoms with Crippen molar-refractivity contribution in [1.29, 1.82) is 0 Å². The number of carbonyl (C=O) groups is 2. The Labute approximate surface area is 124 Å². The summed E-state index contributed by atoms with van der Waals surface area (Å²) in [6.45, 7) is 1.95. The lowest BCUT2D eigenvalue weighted by Gasteiger charge is -2.07. The standard InChI is InChI=1S/C15H12FNO3S/c1-9-5-6-10(21-9)7-8-13(18)17-14-11(15(19)20)3-2-4-12(14)16/h2-8H,1H3,(H,17,18)(H,19,20)/b8-7+. The summed E-state index contributed by atoms with van der Waals surface area (Å²) in [5, 5.41) is 11.2. The second kappa shape index (κ2) is 6.32. The molecule has 1 aromatic heterocycles. The van der Waals surface area contributed by atoms with E-state index in [1.54, 1.807) is 6.08 Å². The van der Waals surface area contributed by atoms with Crippen molar-refractivity contribution >= 4 is 35.0 Å². The third-order valence-electron chi connectivity index (χ3n) is 2.65. The van der Waals surface area contributed by atoms with E-state index >= 15 is 0 Å². The van der Waals surface area contributed by atoms with E-state index in [1.165, 1.54) is 29.5 Å². The molecule has 21 heavy (non-hydrogen) atoms. The maximum absolute atomic E-state index is 13.6. The Morgan fingerprint density at radius 1 is 1.29 bits per heavy atom. The minimum Gasteiger partial charge on any atom is -0.478 e. The zero-order valence-electron chi connectivity index (χ0n) is 11.1. The van der Waals surface area contributed by atoms with Crippen LogP contribution in [0.1, 0.15) is 20.1 Å². The number of carbonyl (C=O) groups excluding carboxylic acids is 1. The molecule has 1 aromatic carbocycles. The van der Waals surface area contributed by atoms with E-state index in [-0.39, 0.29) is 11.3 Å². The van der Waals surface area contributed by atoms with Crippen LogP contribution in [0.4, 0.5) is 10.1 Å². The average Bonchev–Trinajstić information content (AvgIpc) is 2.84. The highest BCUT2D eigenvalue weighted by atomic mass is 32.1. The molecule has 0 fully saturated rings. The topological polar surface area (TPSA) is 66.4 Å². The van der Waals surface area contributed by atoms with Crippen LogP contribution in [0.2, 0.25) is 0 Å². The van der Waals surface area contributed by atoms with Crippen molar-refractivity contribution in [1.82, 2.24) is 0 Å². The summed E-state index contributed by atoms with van der Waals surface area (Å²) in [6.07, 6.45) is 2.83. The number of rotatable bonds is 4. The van der Waals surface area contributed by atoms with E-state index in [1.807, 2.05) is 19.1 Å². The summed E-state index contributed by atoms with van der Waals surface area (Å²) >= 11 is 1.51. The first-order valence-corrected chi connectivity index (χ1v) is 6.86. The van der Waals surface area contributed by atoms with Gasteiger partial charge in [0.05, 0.1) is 11.3 Å². The molecule has 2 aromatic rings. The quantitative estimate of drug-likeness (QED) is 0.849. The SMILES string of the molecule is Cc1ccc(/C=C/C(=O)Nc2c(F)cccc2C(=O)O)s1. The minimum atomic E-state index is -1.30. The number of anilines is 1. The maximum Gasteiger partial charge on any atom is 0.337 e. The number of nitrogens with one attached hydrogen (secondary N) is 1.